The molecular weight excluding hydrogens is 222 g/mol. The van der Waals surface area contributed by atoms with E-state index in [9.17, 15) is 4.79 Å². The molecular formula is C12H15NO2S. The summed E-state index contributed by atoms with van der Waals surface area (Å²) in [6.07, 6.45) is 3.24. The van der Waals surface area contributed by atoms with Crippen LogP contribution in [0.15, 0.2) is 35.4 Å². The van der Waals surface area contributed by atoms with E-state index in [0.717, 1.165) is 0 Å². The number of benzene rings is 1. The zero-order valence-electron chi connectivity index (χ0n) is 9.60. The molecule has 1 aromatic carbocycles. The Hall–Kier alpha value is -1.42. The molecule has 0 aliphatic carbocycles. The molecule has 4 heteroatoms. The summed E-state index contributed by atoms with van der Waals surface area (Å²) in [5.41, 5.74) is 0.601. The fraction of sp³-hybridized carbons (Fsp3) is 0.250. The zero-order chi connectivity index (χ0) is 12.1. The maximum absolute atomic E-state index is 11.7. The lowest BCUT2D eigenvalue weighted by Gasteiger charge is -2.05. The van der Waals surface area contributed by atoms with Crippen LogP contribution >= 0.6 is 12.6 Å². The Balaban J connectivity index is 2.89. The van der Waals surface area contributed by atoms with Gasteiger partial charge >= 0.3 is 0 Å². The number of thiol groups is 1. The van der Waals surface area contributed by atoms with Crippen molar-refractivity contribution in [3.8, 4) is 5.75 Å². The first-order valence-corrected chi connectivity index (χ1v) is 5.25. The molecule has 0 atom stereocenters. The van der Waals surface area contributed by atoms with Gasteiger partial charge in [-0.15, -0.1) is 12.6 Å². The first-order valence-electron chi connectivity index (χ1n) is 4.80. The van der Waals surface area contributed by atoms with Crippen LogP contribution in [0.5, 0.6) is 5.75 Å². The molecule has 0 aliphatic heterocycles. The molecule has 0 saturated heterocycles. The highest BCUT2D eigenvalue weighted by Crippen LogP contribution is 2.23. The Kier molecular flexibility index (Phi) is 4.43. The summed E-state index contributed by atoms with van der Waals surface area (Å²) in [6.45, 7) is 0. The monoisotopic (exact) mass is 237 g/mol. The molecule has 0 aliphatic rings. The first-order chi connectivity index (χ1) is 7.54. The largest absolute Gasteiger partial charge is 0.496 e. The summed E-state index contributed by atoms with van der Waals surface area (Å²) in [4.78, 5) is 14.2. The lowest BCUT2D eigenvalue weighted by molar-refractivity contribution is 0.104. The standard InChI is InChI=1S/C12H15NO2S/c1-13(2)7-6-10(14)9-4-5-11(15-3)12(16)8-9/h4-8,16H,1-3H3/b7-6+. The molecule has 0 aromatic heterocycles. The van der Waals surface area contributed by atoms with Crippen molar-refractivity contribution in [3.63, 3.8) is 0 Å². The number of nitrogens with zero attached hydrogens (tertiary/aromatic N) is 1. The molecule has 1 aromatic rings. The molecule has 0 N–H and O–H groups in total. The normalized spacial score (nSPS) is 10.5. The second-order valence-corrected chi connectivity index (χ2v) is 4.01. The van der Waals surface area contributed by atoms with E-state index in [0.29, 0.717) is 16.2 Å². The molecule has 0 spiro atoms. The van der Waals surface area contributed by atoms with Crippen LogP contribution in [0.1, 0.15) is 10.4 Å². The van der Waals surface area contributed by atoms with E-state index in [2.05, 4.69) is 12.6 Å². The van der Waals surface area contributed by atoms with Crippen LogP contribution < -0.4 is 4.74 Å². The summed E-state index contributed by atoms with van der Waals surface area (Å²) in [5.74, 6) is 0.614. The topological polar surface area (TPSA) is 29.5 Å². The van der Waals surface area contributed by atoms with Crippen molar-refractivity contribution in [1.82, 2.24) is 4.90 Å². The van der Waals surface area contributed by atoms with Crippen molar-refractivity contribution in [3.05, 3.63) is 36.0 Å². The number of allylic oxidation sites excluding steroid dienone is 1. The molecule has 3 nitrogen and oxygen atoms in total. The zero-order valence-corrected chi connectivity index (χ0v) is 10.5. The van der Waals surface area contributed by atoms with E-state index in [-0.39, 0.29) is 5.78 Å². The van der Waals surface area contributed by atoms with Crippen LogP contribution in [0.4, 0.5) is 0 Å². The van der Waals surface area contributed by atoms with Crippen LogP contribution in [0.3, 0.4) is 0 Å². The SMILES string of the molecule is COc1ccc(C(=O)/C=C/N(C)C)cc1S. The molecule has 16 heavy (non-hydrogen) atoms. The second kappa shape index (κ2) is 5.61. The van der Waals surface area contributed by atoms with Gasteiger partial charge in [-0.05, 0) is 18.2 Å². The van der Waals surface area contributed by atoms with Gasteiger partial charge < -0.3 is 9.64 Å². The number of hydrogen-bond acceptors (Lipinski definition) is 4. The fourth-order valence-corrected chi connectivity index (χ4v) is 1.46. The highest BCUT2D eigenvalue weighted by molar-refractivity contribution is 7.80. The number of methoxy groups -OCH3 is 1. The van der Waals surface area contributed by atoms with Gasteiger partial charge in [0.05, 0.1) is 7.11 Å². The van der Waals surface area contributed by atoms with Gasteiger partial charge in [0, 0.05) is 36.8 Å². The van der Waals surface area contributed by atoms with Crippen molar-refractivity contribution in [1.29, 1.82) is 0 Å². The smallest absolute Gasteiger partial charge is 0.187 e. The van der Waals surface area contributed by atoms with E-state index < -0.39 is 0 Å². The number of carbonyl (C=O) groups excluding carboxylic acids is 1. The summed E-state index contributed by atoms with van der Waals surface area (Å²) >= 11 is 4.24. The number of rotatable bonds is 4. The summed E-state index contributed by atoms with van der Waals surface area (Å²) in [6, 6.07) is 5.16. The first kappa shape index (κ1) is 12.6. The minimum Gasteiger partial charge on any atom is -0.496 e. The third-order valence-corrected chi connectivity index (χ3v) is 2.34. The van der Waals surface area contributed by atoms with Crippen LogP contribution in [0.2, 0.25) is 0 Å². The molecule has 86 valence electrons. The van der Waals surface area contributed by atoms with Gasteiger partial charge in [-0.1, -0.05) is 0 Å². The molecule has 0 fully saturated rings. The van der Waals surface area contributed by atoms with Crippen molar-refractivity contribution < 1.29 is 9.53 Å². The average molecular weight is 237 g/mol. The molecule has 0 unspecified atom stereocenters. The van der Waals surface area contributed by atoms with E-state index in [4.69, 9.17) is 4.74 Å². The van der Waals surface area contributed by atoms with Crippen molar-refractivity contribution in [2.45, 2.75) is 4.90 Å². The van der Waals surface area contributed by atoms with E-state index >= 15 is 0 Å². The van der Waals surface area contributed by atoms with Gasteiger partial charge in [0.2, 0.25) is 0 Å². The molecule has 1 rings (SSSR count). The van der Waals surface area contributed by atoms with Crippen molar-refractivity contribution in [2.24, 2.45) is 0 Å². The Morgan fingerprint density at radius 1 is 1.44 bits per heavy atom. The minimum atomic E-state index is -0.0494. The maximum atomic E-state index is 11.7. The third kappa shape index (κ3) is 3.31. The lowest BCUT2D eigenvalue weighted by Crippen LogP contribution is -2.03. The minimum absolute atomic E-state index is 0.0494. The van der Waals surface area contributed by atoms with Crippen molar-refractivity contribution >= 4 is 18.4 Å². The highest BCUT2D eigenvalue weighted by Gasteiger charge is 2.05. The molecule has 0 amide bonds. The Bertz CT molecular complexity index is 413. The summed E-state index contributed by atoms with van der Waals surface area (Å²) < 4.78 is 5.06. The van der Waals surface area contributed by atoms with Crippen LogP contribution in [-0.4, -0.2) is 31.9 Å². The predicted molar refractivity (Wildman–Crippen MR) is 67.4 cm³/mol. The number of hydrogen-bond donors (Lipinski definition) is 1. The predicted octanol–water partition coefficient (Wildman–Crippen LogP) is 2.24. The van der Waals surface area contributed by atoms with Gasteiger partial charge in [-0.25, -0.2) is 0 Å². The van der Waals surface area contributed by atoms with Gasteiger partial charge in [-0.3, -0.25) is 4.79 Å². The molecule has 0 radical (unpaired) electrons. The van der Waals surface area contributed by atoms with E-state index in [1.54, 1.807) is 31.5 Å². The lowest BCUT2D eigenvalue weighted by atomic mass is 10.1. The van der Waals surface area contributed by atoms with Crippen LogP contribution in [0, 0.1) is 0 Å². The number of ketones is 1. The van der Waals surface area contributed by atoms with Crippen LogP contribution in [-0.2, 0) is 0 Å². The quantitative estimate of drug-likeness (QED) is 0.495. The van der Waals surface area contributed by atoms with Crippen LogP contribution in [0.25, 0.3) is 0 Å². The number of carbonyl (C=O) groups is 1. The molecule has 0 heterocycles. The summed E-state index contributed by atoms with van der Waals surface area (Å²) in [7, 11) is 5.30. The second-order valence-electron chi connectivity index (χ2n) is 3.53. The summed E-state index contributed by atoms with van der Waals surface area (Å²) in [5, 5.41) is 0. The average Bonchev–Trinajstić information content (AvgIpc) is 2.25. The van der Waals surface area contributed by atoms with E-state index in [1.807, 2.05) is 19.0 Å². The van der Waals surface area contributed by atoms with Gasteiger partial charge in [0.1, 0.15) is 5.75 Å². The Morgan fingerprint density at radius 2 is 2.12 bits per heavy atom. The van der Waals surface area contributed by atoms with Crippen molar-refractivity contribution in [2.75, 3.05) is 21.2 Å². The third-order valence-electron chi connectivity index (χ3n) is 1.99. The van der Waals surface area contributed by atoms with Gasteiger partial charge in [0.15, 0.2) is 5.78 Å². The number of ether oxygens (including phenoxy) is 1. The Labute approximate surface area is 101 Å². The highest BCUT2D eigenvalue weighted by atomic mass is 32.1. The van der Waals surface area contributed by atoms with Gasteiger partial charge in [-0.2, -0.15) is 0 Å². The molecule has 0 saturated carbocycles. The molecule has 0 bridgehead atoms. The van der Waals surface area contributed by atoms with E-state index in [1.165, 1.54) is 6.08 Å². The fourth-order valence-electron chi connectivity index (χ4n) is 1.16. The van der Waals surface area contributed by atoms with Gasteiger partial charge in [0.25, 0.3) is 0 Å². The maximum Gasteiger partial charge on any atom is 0.187 e. The Morgan fingerprint density at radius 3 is 2.62 bits per heavy atom.